The Morgan fingerprint density at radius 1 is 1.50 bits per heavy atom. The van der Waals surface area contributed by atoms with Crippen molar-refractivity contribution >= 4 is 10.0 Å². The number of aliphatic hydroxyl groups excluding tert-OH is 1. The van der Waals surface area contributed by atoms with Crippen LogP contribution in [0.5, 0.6) is 0 Å². The Kier molecular flexibility index (Phi) is 3.74. The summed E-state index contributed by atoms with van der Waals surface area (Å²) in [5.41, 5.74) is -0.700. The van der Waals surface area contributed by atoms with Crippen molar-refractivity contribution in [3.05, 3.63) is 12.5 Å². The molecule has 0 aromatic carbocycles. The fraction of sp³-hybridized carbons (Fsp3) is 0.727. The molecule has 2 rings (SSSR count). The molecule has 2 N–H and O–H groups in total. The summed E-state index contributed by atoms with van der Waals surface area (Å²) in [6.45, 7) is 2.42. The SMILES string of the molecule is CCn1cnc(S(=O)(=O)NC2(CO)CCCC2)c1. The third-order valence-corrected chi connectivity index (χ3v) is 4.93. The van der Waals surface area contributed by atoms with Crippen molar-refractivity contribution in [1.29, 1.82) is 0 Å². The van der Waals surface area contributed by atoms with E-state index in [1.54, 1.807) is 4.57 Å². The van der Waals surface area contributed by atoms with Gasteiger partial charge in [0, 0.05) is 12.7 Å². The topological polar surface area (TPSA) is 84.2 Å². The predicted molar refractivity (Wildman–Crippen MR) is 66.5 cm³/mol. The van der Waals surface area contributed by atoms with Crippen LogP contribution in [0.4, 0.5) is 0 Å². The average molecular weight is 273 g/mol. The van der Waals surface area contributed by atoms with E-state index in [-0.39, 0.29) is 11.6 Å². The van der Waals surface area contributed by atoms with Gasteiger partial charge in [-0.15, -0.1) is 0 Å². The van der Waals surface area contributed by atoms with Gasteiger partial charge in [0.15, 0.2) is 5.03 Å². The van der Waals surface area contributed by atoms with Gasteiger partial charge in [-0.05, 0) is 19.8 Å². The van der Waals surface area contributed by atoms with Gasteiger partial charge in [0.1, 0.15) is 0 Å². The third-order valence-electron chi connectivity index (χ3n) is 3.46. The van der Waals surface area contributed by atoms with Crippen molar-refractivity contribution in [2.75, 3.05) is 6.61 Å². The fourth-order valence-corrected chi connectivity index (χ4v) is 3.74. The predicted octanol–water partition coefficient (Wildman–Crippen LogP) is 0.486. The maximum absolute atomic E-state index is 12.2. The molecule has 0 aliphatic heterocycles. The number of rotatable bonds is 5. The zero-order valence-corrected chi connectivity index (χ0v) is 11.3. The van der Waals surface area contributed by atoms with Crippen LogP contribution in [0.1, 0.15) is 32.6 Å². The summed E-state index contributed by atoms with van der Waals surface area (Å²) in [7, 11) is -3.65. The van der Waals surface area contributed by atoms with E-state index in [4.69, 9.17) is 0 Å². The van der Waals surface area contributed by atoms with E-state index in [0.717, 1.165) is 12.8 Å². The van der Waals surface area contributed by atoms with Crippen LogP contribution in [-0.4, -0.2) is 35.2 Å². The third kappa shape index (κ3) is 2.57. The Balaban J connectivity index is 2.21. The number of aryl methyl sites for hydroxylation is 1. The Morgan fingerprint density at radius 3 is 2.67 bits per heavy atom. The van der Waals surface area contributed by atoms with Crippen molar-refractivity contribution in [2.45, 2.75) is 49.7 Å². The van der Waals surface area contributed by atoms with Gasteiger partial charge in [0.2, 0.25) is 0 Å². The lowest BCUT2D eigenvalue weighted by Gasteiger charge is -2.26. The zero-order valence-electron chi connectivity index (χ0n) is 10.5. The lowest BCUT2D eigenvalue weighted by Crippen LogP contribution is -2.49. The van der Waals surface area contributed by atoms with Crippen molar-refractivity contribution < 1.29 is 13.5 Å². The van der Waals surface area contributed by atoms with Gasteiger partial charge in [-0.3, -0.25) is 0 Å². The monoisotopic (exact) mass is 273 g/mol. The minimum absolute atomic E-state index is 0.0177. The maximum Gasteiger partial charge on any atom is 0.260 e. The highest BCUT2D eigenvalue weighted by atomic mass is 32.2. The molecule has 0 spiro atoms. The number of aromatic nitrogens is 2. The van der Waals surface area contributed by atoms with Crippen molar-refractivity contribution in [1.82, 2.24) is 14.3 Å². The highest BCUT2D eigenvalue weighted by molar-refractivity contribution is 7.89. The summed E-state index contributed by atoms with van der Waals surface area (Å²) in [6, 6.07) is 0. The van der Waals surface area contributed by atoms with Crippen LogP contribution in [-0.2, 0) is 16.6 Å². The first-order chi connectivity index (χ1) is 8.51. The van der Waals surface area contributed by atoms with E-state index in [9.17, 15) is 13.5 Å². The highest BCUT2D eigenvalue weighted by Gasteiger charge is 2.38. The number of aliphatic hydroxyl groups is 1. The fourth-order valence-electron chi connectivity index (χ4n) is 2.33. The lowest BCUT2D eigenvalue weighted by atomic mass is 10.0. The van der Waals surface area contributed by atoms with E-state index < -0.39 is 15.6 Å². The van der Waals surface area contributed by atoms with Gasteiger partial charge in [-0.25, -0.2) is 18.1 Å². The summed E-state index contributed by atoms with van der Waals surface area (Å²) >= 11 is 0. The van der Waals surface area contributed by atoms with Crippen LogP contribution < -0.4 is 4.72 Å². The second-order valence-corrected chi connectivity index (χ2v) is 6.42. The zero-order chi connectivity index (χ0) is 13.2. The lowest BCUT2D eigenvalue weighted by molar-refractivity contribution is 0.185. The van der Waals surface area contributed by atoms with Crippen LogP contribution in [0.15, 0.2) is 17.6 Å². The molecule has 102 valence electrons. The Bertz CT molecular complexity index is 503. The van der Waals surface area contributed by atoms with E-state index >= 15 is 0 Å². The molecule has 1 heterocycles. The molecule has 0 atom stereocenters. The molecule has 1 aromatic rings. The van der Waals surface area contributed by atoms with E-state index in [0.29, 0.717) is 19.4 Å². The molecule has 0 bridgehead atoms. The van der Waals surface area contributed by atoms with Crippen molar-refractivity contribution in [3.63, 3.8) is 0 Å². The molecule has 1 fully saturated rings. The first-order valence-corrected chi connectivity index (χ1v) is 7.66. The van der Waals surface area contributed by atoms with Gasteiger partial charge >= 0.3 is 0 Å². The van der Waals surface area contributed by atoms with Crippen LogP contribution in [0.3, 0.4) is 0 Å². The number of nitrogens with zero attached hydrogens (tertiary/aromatic N) is 2. The molecule has 18 heavy (non-hydrogen) atoms. The molecule has 1 aliphatic carbocycles. The Hall–Kier alpha value is -0.920. The van der Waals surface area contributed by atoms with Gasteiger partial charge in [0.25, 0.3) is 10.0 Å². The Labute approximate surface area is 107 Å². The molecular weight excluding hydrogens is 254 g/mol. The van der Waals surface area contributed by atoms with Crippen molar-refractivity contribution in [2.24, 2.45) is 0 Å². The number of hydrogen-bond acceptors (Lipinski definition) is 4. The molecule has 7 heteroatoms. The molecule has 1 aromatic heterocycles. The minimum Gasteiger partial charge on any atom is -0.394 e. The van der Waals surface area contributed by atoms with Gasteiger partial charge in [0.05, 0.1) is 18.5 Å². The first kappa shape index (κ1) is 13.5. The molecular formula is C11H19N3O3S. The minimum atomic E-state index is -3.65. The van der Waals surface area contributed by atoms with Gasteiger partial charge in [-0.1, -0.05) is 12.8 Å². The number of sulfonamides is 1. The highest BCUT2D eigenvalue weighted by Crippen LogP contribution is 2.30. The van der Waals surface area contributed by atoms with Gasteiger partial charge in [-0.2, -0.15) is 0 Å². The van der Waals surface area contributed by atoms with Crippen molar-refractivity contribution in [3.8, 4) is 0 Å². The van der Waals surface area contributed by atoms with E-state index in [1.807, 2.05) is 6.92 Å². The average Bonchev–Trinajstić information content (AvgIpc) is 2.97. The molecule has 1 aliphatic rings. The maximum atomic E-state index is 12.2. The first-order valence-electron chi connectivity index (χ1n) is 6.18. The second kappa shape index (κ2) is 4.99. The summed E-state index contributed by atoms with van der Waals surface area (Å²) in [5.74, 6) is 0. The second-order valence-electron chi connectivity index (χ2n) is 4.79. The van der Waals surface area contributed by atoms with Crippen LogP contribution in [0.2, 0.25) is 0 Å². The Morgan fingerprint density at radius 2 is 2.17 bits per heavy atom. The molecule has 0 amide bonds. The molecule has 0 saturated heterocycles. The molecule has 6 nitrogen and oxygen atoms in total. The summed E-state index contributed by atoms with van der Waals surface area (Å²) < 4.78 is 28.7. The van der Waals surface area contributed by atoms with E-state index in [1.165, 1.54) is 12.5 Å². The largest absolute Gasteiger partial charge is 0.394 e. The number of hydrogen-bond donors (Lipinski definition) is 2. The van der Waals surface area contributed by atoms with E-state index in [2.05, 4.69) is 9.71 Å². The van der Waals surface area contributed by atoms with Crippen LogP contribution >= 0.6 is 0 Å². The van der Waals surface area contributed by atoms with Crippen LogP contribution in [0.25, 0.3) is 0 Å². The summed E-state index contributed by atoms with van der Waals surface area (Å²) in [5, 5.41) is 9.44. The summed E-state index contributed by atoms with van der Waals surface area (Å²) in [4.78, 5) is 3.90. The van der Waals surface area contributed by atoms with Gasteiger partial charge < -0.3 is 9.67 Å². The molecule has 0 radical (unpaired) electrons. The molecule has 1 saturated carbocycles. The number of nitrogens with one attached hydrogen (secondary N) is 1. The van der Waals surface area contributed by atoms with Crippen LogP contribution in [0, 0.1) is 0 Å². The molecule has 0 unspecified atom stereocenters. The number of imidazole rings is 1. The standard InChI is InChI=1S/C11H19N3O3S/c1-2-14-7-10(12-9-14)18(16,17)13-11(8-15)5-3-4-6-11/h7,9,13,15H,2-6,8H2,1H3. The smallest absolute Gasteiger partial charge is 0.260 e. The summed E-state index contributed by atoms with van der Waals surface area (Å²) in [6.07, 6.45) is 6.23. The normalized spacial score (nSPS) is 19.2. The quantitative estimate of drug-likeness (QED) is 0.817.